The third-order valence-corrected chi connectivity index (χ3v) is 4.22. The summed E-state index contributed by atoms with van der Waals surface area (Å²) < 4.78 is 5.20. The number of carbonyl (C=O) groups excluding carboxylic acids is 1. The van der Waals surface area contributed by atoms with E-state index in [1.165, 1.54) is 0 Å². The van der Waals surface area contributed by atoms with Gasteiger partial charge in [-0.25, -0.2) is 0 Å². The number of benzene rings is 1. The van der Waals surface area contributed by atoms with Gasteiger partial charge >= 0.3 is 0 Å². The Morgan fingerprint density at radius 2 is 1.67 bits per heavy atom. The molecule has 1 aliphatic rings. The molecule has 1 saturated heterocycles. The van der Waals surface area contributed by atoms with E-state index in [0.29, 0.717) is 0 Å². The number of carbonyl (C=O) groups is 1. The molecule has 1 atom stereocenters. The third kappa shape index (κ3) is 3.76. The fraction of sp³-hybridized carbons (Fsp3) is 0.588. The second kappa shape index (κ2) is 6.94. The van der Waals surface area contributed by atoms with Gasteiger partial charge in [0.15, 0.2) is 0 Å². The van der Waals surface area contributed by atoms with Gasteiger partial charge in [0.2, 0.25) is 5.91 Å². The van der Waals surface area contributed by atoms with Crippen LogP contribution in [0, 0.1) is 5.92 Å². The number of likely N-dealkylation sites (N-methyl/N-ethyl adjacent to an activating group) is 1. The van der Waals surface area contributed by atoms with Gasteiger partial charge in [0, 0.05) is 26.2 Å². The van der Waals surface area contributed by atoms with Gasteiger partial charge in [-0.2, -0.15) is 0 Å². The highest BCUT2D eigenvalue weighted by Gasteiger charge is 2.30. The van der Waals surface area contributed by atoms with Crippen LogP contribution in [0.1, 0.15) is 25.3 Å². The molecule has 1 amide bonds. The standard InChI is InChI=1S/C17H26N2O2/c1-13(2)16(14-5-7-15(21-4)8-6-14)17(20)19-11-9-18(3)10-12-19/h5-8,13,16H,9-12H2,1-4H3. The molecule has 0 bridgehead atoms. The zero-order chi connectivity index (χ0) is 15.4. The second-order valence-electron chi connectivity index (χ2n) is 6.12. The van der Waals surface area contributed by atoms with Crippen LogP contribution in [0.25, 0.3) is 0 Å². The summed E-state index contributed by atoms with van der Waals surface area (Å²) in [6.07, 6.45) is 0. The summed E-state index contributed by atoms with van der Waals surface area (Å²) in [7, 11) is 3.76. The molecule has 4 heteroatoms. The number of rotatable bonds is 4. The monoisotopic (exact) mass is 290 g/mol. The van der Waals surface area contributed by atoms with E-state index in [9.17, 15) is 4.79 Å². The van der Waals surface area contributed by atoms with Gasteiger partial charge in [0.05, 0.1) is 13.0 Å². The highest BCUT2D eigenvalue weighted by Crippen LogP contribution is 2.28. The Balaban J connectivity index is 2.15. The number of hydrogen-bond acceptors (Lipinski definition) is 3. The fourth-order valence-corrected chi connectivity index (χ4v) is 2.85. The van der Waals surface area contributed by atoms with Crippen LogP contribution in [-0.4, -0.2) is 56.0 Å². The summed E-state index contributed by atoms with van der Waals surface area (Å²) >= 11 is 0. The van der Waals surface area contributed by atoms with Crippen molar-refractivity contribution in [2.24, 2.45) is 5.92 Å². The number of ether oxygens (including phenoxy) is 1. The van der Waals surface area contributed by atoms with Crippen LogP contribution in [0.2, 0.25) is 0 Å². The van der Waals surface area contributed by atoms with Crippen LogP contribution in [0.4, 0.5) is 0 Å². The maximum Gasteiger partial charge on any atom is 0.230 e. The van der Waals surface area contributed by atoms with Gasteiger partial charge in [-0.05, 0) is 30.7 Å². The lowest BCUT2D eigenvalue weighted by atomic mass is 9.87. The SMILES string of the molecule is COc1ccc(C(C(=O)N2CCN(C)CC2)C(C)C)cc1. The van der Waals surface area contributed by atoms with Gasteiger partial charge in [-0.3, -0.25) is 4.79 Å². The largest absolute Gasteiger partial charge is 0.497 e. The Labute approximate surface area is 127 Å². The molecule has 0 radical (unpaired) electrons. The minimum atomic E-state index is -0.0701. The van der Waals surface area contributed by atoms with E-state index in [1.807, 2.05) is 29.2 Å². The molecule has 21 heavy (non-hydrogen) atoms. The van der Waals surface area contributed by atoms with Crippen molar-refractivity contribution in [2.75, 3.05) is 40.3 Å². The van der Waals surface area contributed by atoms with Crippen molar-refractivity contribution in [3.63, 3.8) is 0 Å². The number of nitrogens with zero attached hydrogens (tertiary/aromatic N) is 2. The molecule has 1 heterocycles. The molecular formula is C17H26N2O2. The number of amides is 1. The highest BCUT2D eigenvalue weighted by molar-refractivity contribution is 5.84. The summed E-state index contributed by atoms with van der Waals surface area (Å²) in [6, 6.07) is 7.89. The van der Waals surface area contributed by atoms with E-state index in [-0.39, 0.29) is 17.7 Å². The maximum absolute atomic E-state index is 12.9. The second-order valence-corrected chi connectivity index (χ2v) is 6.12. The number of methoxy groups -OCH3 is 1. The summed E-state index contributed by atoms with van der Waals surface area (Å²) in [5.74, 6) is 1.29. The van der Waals surface area contributed by atoms with Crippen molar-refractivity contribution in [2.45, 2.75) is 19.8 Å². The summed E-state index contributed by atoms with van der Waals surface area (Å²) in [5, 5.41) is 0. The Hall–Kier alpha value is -1.55. The Bertz CT molecular complexity index is 462. The number of piperazine rings is 1. The summed E-state index contributed by atoms with van der Waals surface area (Å²) in [4.78, 5) is 17.2. The van der Waals surface area contributed by atoms with E-state index >= 15 is 0 Å². The Kier molecular flexibility index (Phi) is 5.23. The molecule has 2 rings (SSSR count). The van der Waals surface area contributed by atoms with Crippen molar-refractivity contribution in [3.8, 4) is 5.75 Å². The minimum absolute atomic E-state index is 0.0701. The lowest BCUT2D eigenvalue weighted by molar-refractivity contribution is -0.135. The average molecular weight is 290 g/mol. The predicted molar refractivity (Wildman–Crippen MR) is 84.7 cm³/mol. The molecular weight excluding hydrogens is 264 g/mol. The molecule has 0 aliphatic carbocycles. The Morgan fingerprint density at radius 3 is 2.14 bits per heavy atom. The van der Waals surface area contributed by atoms with Crippen LogP contribution in [0.15, 0.2) is 24.3 Å². The van der Waals surface area contributed by atoms with Crippen LogP contribution >= 0.6 is 0 Å². The van der Waals surface area contributed by atoms with Gasteiger partial charge in [-0.15, -0.1) is 0 Å². The van der Waals surface area contributed by atoms with Crippen LogP contribution in [0.3, 0.4) is 0 Å². The van der Waals surface area contributed by atoms with Crippen LogP contribution in [-0.2, 0) is 4.79 Å². The molecule has 0 aromatic heterocycles. The molecule has 1 fully saturated rings. The first-order valence-corrected chi connectivity index (χ1v) is 7.64. The molecule has 116 valence electrons. The van der Waals surface area contributed by atoms with Gasteiger partial charge in [0.1, 0.15) is 5.75 Å². The molecule has 1 aromatic carbocycles. The molecule has 1 unspecified atom stereocenters. The molecule has 1 aliphatic heterocycles. The topological polar surface area (TPSA) is 32.8 Å². The smallest absolute Gasteiger partial charge is 0.230 e. The first-order chi connectivity index (χ1) is 10.0. The van der Waals surface area contributed by atoms with Crippen molar-refractivity contribution in [1.29, 1.82) is 0 Å². The van der Waals surface area contributed by atoms with E-state index in [0.717, 1.165) is 37.5 Å². The first-order valence-electron chi connectivity index (χ1n) is 7.64. The van der Waals surface area contributed by atoms with E-state index in [2.05, 4.69) is 25.8 Å². The van der Waals surface area contributed by atoms with Gasteiger partial charge in [0.25, 0.3) is 0 Å². The molecule has 0 spiro atoms. The molecule has 0 saturated carbocycles. The first kappa shape index (κ1) is 15.8. The predicted octanol–water partition coefficient (Wildman–Crippen LogP) is 2.21. The fourth-order valence-electron chi connectivity index (χ4n) is 2.85. The number of hydrogen-bond donors (Lipinski definition) is 0. The summed E-state index contributed by atoms with van der Waals surface area (Å²) in [5.41, 5.74) is 1.08. The molecule has 0 N–H and O–H groups in total. The van der Waals surface area contributed by atoms with Gasteiger partial charge in [-0.1, -0.05) is 26.0 Å². The van der Waals surface area contributed by atoms with Crippen molar-refractivity contribution < 1.29 is 9.53 Å². The highest BCUT2D eigenvalue weighted by atomic mass is 16.5. The van der Waals surface area contributed by atoms with E-state index < -0.39 is 0 Å². The summed E-state index contributed by atoms with van der Waals surface area (Å²) in [6.45, 7) is 7.80. The van der Waals surface area contributed by atoms with Gasteiger partial charge < -0.3 is 14.5 Å². The molecule has 1 aromatic rings. The van der Waals surface area contributed by atoms with Crippen LogP contribution < -0.4 is 4.74 Å². The zero-order valence-corrected chi connectivity index (χ0v) is 13.5. The van der Waals surface area contributed by atoms with Crippen molar-refractivity contribution in [3.05, 3.63) is 29.8 Å². The van der Waals surface area contributed by atoms with E-state index in [1.54, 1.807) is 7.11 Å². The van der Waals surface area contributed by atoms with Crippen molar-refractivity contribution >= 4 is 5.91 Å². The zero-order valence-electron chi connectivity index (χ0n) is 13.5. The Morgan fingerprint density at radius 1 is 1.10 bits per heavy atom. The normalized spacial score (nSPS) is 17.9. The maximum atomic E-state index is 12.9. The van der Waals surface area contributed by atoms with Crippen molar-refractivity contribution in [1.82, 2.24) is 9.80 Å². The minimum Gasteiger partial charge on any atom is -0.497 e. The quantitative estimate of drug-likeness (QED) is 0.852. The third-order valence-electron chi connectivity index (χ3n) is 4.22. The average Bonchev–Trinajstić information content (AvgIpc) is 2.48. The lowest BCUT2D eigenvalue weighted by Gasteiger charge is -2.35. The lowest BCUT2D eigenvalue weighted by Crippen LogP contribution is -2.49. The van der Waals surface area contributed by atoms with Crippen LogP contribution in [0.5, 0.6) is 5.75 Å². The molecule has 4 nitrogen and oxygen atoms in total. The van der Waals surface area contributed by atoms with E-state index in [4.69, 9.17) is 4.74 Å².